The molecule has 0 bridgehead atoms. The van der Waals surface area contributed by atoms with Gasteiger partial charge in [-0.1, -0.05) is 15.9 Å². The Morgan fingerprint density at radius 2 is 1.74 bits per heavy atom. The van der Waals surface area contributed by atoms with E-state index in [0.717, 1.165) is 12.1 Å². The molecule has 0 radical (unpaired) electrons. The van der Waals surface area contributed by atoms with Crippen molar-refractivity contribution in [2.24, 2.45) is 0 Å². The lowest BCUT2D eigenvalue weighted by molar-refractivity contribution is 0.288. The molecule has 0 spiro atoms. The number of hydrogen-bond acceptors (Lipinski definition) is 2. The van der Waals surface area contributed by atoms with Crippen LogP contribution in [0.2, 0.25) is 0 Å². The van der Waals surface area contributed by atoms with E-state index >= 15 is 0 Å². The number of rotatable bonds is 3. The van der Waals surface area contributed by atoms with E-state index in [2.05, 4.69) is 15.9 Å². The molecule has 0 saturated heterocycles. The van der Waals surface area contributed by atoms with Crippen LogP contribution in [0, 0.1) is 17.5 Å². The maximum Gasteiger partial charge on any atom is 0.167 e. The highest BCUT2D eigenvalue weighted by atomic mass is 79.9. The smallest absolute Gasteiger partial charge is 0.167 e. The minimum Gasteiger partial charge on any atom is -0.486 e. The van der Waals surface area contributed by atoms with Crippen molar-refractivity contribution >= 4 is 21.6 Å². The molecule has 0 atom stereocenters. The lowest BCUT2D eigenvalue weighted by Gasteiger charge is -2.09. The van der Waals surface area contributed by atoms with Gasteiger partial charge >= 0.3 is 0 Å². The molecule has 0 aliphatic heterocycles. The molecule has 0 fully saturated rings. The van der Waals surface area contributed by atoms with Gasteiger partial charge in [-0.3, -0.25) is 0 Å². The molecular weight excluding hydrogens is 323 g/mol. The summed E-state index contributed by atoms with van der Waals surface area (Å²) in [5.74, 6) is -2.25. The molecule has 2 aromatic rings. The maximum absolute atomic E-state index is 13.4. The van der Waals surface area contributed by atoms with Crippen LogP contribution in [-0.2, 0) is 6.61 Å². The van der Waals surface area contributed by atoms with Crippen molar-refractivity contribution in [3.05, 3.63) is 57.8 Å². The number of halogens is 4. The van der Waals surface area contributed by atoms with Crippen molar-refractivity contribution in [1.29, 1.82) is 0 Å². The van der Waals surface area contributed by atoms with Crippen molar-refractivity contribution in [2.45, 2.75) is 6.61 Å². The largest absolute Gasteiger partial charge is 0.486 e. The first-order valence-corrected chi connectivity index (χ1v) is 6.07. The highest BCUT2D eigenvalue weighted by molar-refractivity contribution is 9.10. The quantitative estimate of drug-likeness (QED) is 0.862. The predicted molar refractivity (Wildman–Crippen MR) is 69.2 cm³/mol. The van der Waals surface area contributed by atoms with E-state index in [1.54, 1.807) is 6.07 Å². The van der Waals surface area contributed by atoms with Crippen LogP contribution in [0.5, 0.6) is 5.75 Å². The summed E-state index contributed by atoms with van der Waals surface area (Å²) in [6, 6.07) is 5.85. The normalized spacial score (nSPS) is 10.5. The summed E-state index contributed by atoms with van der Waals surface area (Å²) in [7, 11) is 0. The first kappa shape index (κ1) is 13.7. The van der Waals surface area contributed by atoms with Crippen molar-refractivity contribution in [2.75, 3.05) is 5.73 Å². The summed E-state index contributed by atoms with van der Waals surface area (Å²) in [6.07, 6.45) is 0. The topological polar surface area (TPSA) is 35.2 Å². The van der Waals surface area contributed by atoms with E-state index < -0.39 is 17.5 Å². The van der Waals surface area contributed by atoms with E-state index in [0.29, 0.717) is 10.0 Å². The zero-order chi connectivity index (χ0) is 14.0. The van der Waals surface area contributed by atoms with Gasteiger partial charge < -0.3 is 10.5 Å². The second-order valence-corrected chi connectivity index (χ2v) is 4.79. The van der Waals surface area contributed by atoms with Crippen LogP contribution in [0.15, 0.2) is 34.8 Å². The third kappa shape index (κ3) is 3.41. The number of hydrogen-bond donors (Lipinski definition) is 1. The number of nitrogen functional groups attached to an aromatic ring is 1. The fourth-order valence-corrected chi connectivity index (χ4v) is 2.02. The van der Waals surface area contributed by atoms with Gasteiger partial charge in [-0.2, -0.15) is 0 Å². The molecule has 0 heterocycles. The number of ether oxygens (including phenoxy) is 1. The zero-order valence-corrected chi connectivity index (χ0v) is 11.2. The molecule has 2 N–H and O–H groups in total. The minimum absolute atomic E-state index is 0.0867. The molecular formula is C13H9BrF3NO. The Balaban J connectivity index is 2.16. The van der Waals surface area contributed by atoms with Gasteiger partial charge in [-0.05, 0) is 23.8 Å². The first-order chi connectivity index (χ1) is 8.95. The van der Waals surface area contributed by atoms with Crippen LogP contribution in [0.25, 0.3) is 0 Å². The Hall–Kier alpha value is -1.69. The van der Waals surface area contributed by atoms with Crippen LogP contribution < -0.4 is 10.5 Å². The van der Waals surface area contributed by atoms with E-state index in [1.165, 1.54) is 12.1 Å². The fourth-order valence-electron chi connectivity index (χ4n) is 1.51. The Bertz CT molecular complexity index is 599. The molecule has 6 heteroatoms. The second-order valence-electron chi connectivity index (χ2n) is 3.87. The summed E-state index contributed by atoms with van der Waals surface area (Å²) < 4.78 is 45.4. The molecule has 19 heavy (non-hydrogen) atoms. The van der Waals surface area contributed by atoms with E-state index in [4.69, 9.17) is 10.5 Å². The summed E-state index contributed by atoms with van der Waals surface area (Å²) >= 11 is 3.13. The lowest BCUT2D eigenvalue weighted by atomic mass is 10.2. The van der Waals surface area contributed by atoms with Crippen molar-refractivity contribution < 1.29 is 17.9 Å². The lowest BCUT2D eigenvalue weighted by Crippen LogP contribution is -2.00. The summed E-state index contributed by atoms with van der Waals surface area (Å²) in [4.78, 5) is 0. The molecule has 2 nitrogen and oxygen atoms in total. The highest BCUT2D eigenvalue weighted by Gasteiger charge is 2.09. The molecule has 0 aromatic heterocycles. The Morgan fingerprint density at radius 3 is 2.42 bits per heavy atom. The third-order valence-electron chi connectivity index (χ3n) is 2.37. The molecule has 0 aliphatic rings. The molecule has 0 aliphatic carbocycles. The van der Waals surface area contributed by atoms with E-state index in [-0.39, 0.29) is 18.0 Å². The van der Waals surface area contributed by atoms with Gasteiger partial charge in [0, 0.05) is 16.6 Å². The van der Waals surface area contributed by atoms with Crippen LogP contribution in [-0.4, -0.2) is 0 Å². The van der Waals surface area contributed by atoms with E-state index in [1.807, 2.05) is 0 Å². The monoisotopic (exact) mass is 331 g/mol. The van der Waals surface area contributed by atoms with Crippen LogP contribution >= 0.6 is 15.9 Å². The molecule has 2 rings (SSSR count). The average molecular weight is 332 g/mol. The molecule has 2 aromatic carbocycles. The Morgan fingerprint density at radius 1 is 1.00 bits per heavy atom. The predicted octanol–water partition coefficient (Wildman–Crippen LogP) is 4.03. The molecule has 0 unspecified atom stereocenters. The zero-order valence-electron chi connectivity index (χ0n) is 9.59. The first-order valence-electron chi connectivity index (χ1n) is 5.28. The average Bonchev–Trinajstić information content (AvgIpc) is 2.31. The summed E-state index contributed by atoms with van der Waals surface area (Å²) in [5.41, 5.74) is 5.41. The SMILES string of the molecule is Nc1cc(F)c(OCc2cc(F)cc(Br)c2)cc1F. The molecule has 100 valence electrons. The van der Waals surface area contributed by atoms with Gasteiger partial charge in [0.15, 0.2) is 11.6 Å². The van der Waals surface area contributed by atoms with Gasteiger partial charge in [-0.15, -0.1) is 0 Å². The number of nitrogens with two attached hydrogens (primary N) is 1. The fraction of sp³-hybridized carbons (Fsp3) is 0.0769. The minimum atomic E-state index is -0.769. The molecule has 0 saturated carbocycles. The van der Waals surface area contributed by atoms with Gasteiger partial charge in [0.05, 0.1) is 5.69 Å². The number of anilines is 1. The highest BCUT2D eigenvalue weighted by Crippen LogP contribution is 2.24. The van der Waals surface area contributed by atoms with Gasteiger partial charge in [0.1, 0.15) is 18.2 Å². The second kappa shape index (κ2) is 5.52. The van der Waals surface area contributed by atoms with Gasteiger partial charge in [0.2, 0.25) is 0 Å². The molecule has 0 amide bonds. The third-order valence-corrected chi connectivity index (χ3v) is 2.83. The van der Waals surface area contributed by atoms with Crippen molar-refractivity contribution in [3.8, 4) is 5.75 Å². The Kier molecular flexibility index (Phi) is 3.99. The van der Waals surface area contributed by atoms with Crippen molar-refractivity contribution in [3.63, 3.8) is 0 Å². The van der Waals surface area contributed by atoms with Gasteiger partial charge in [0.25, 0.3) is 0 Å². The van der Waals surface area contributed by atoms with Crippen LogP contribution in [0.3, 0.4) is 0 Å². The summed E-state index contributed by atoms with van der Waals surface area (Å²) in [5, 5.41) is 0. The van der Waals surface area contributed by atoms with Crippen LogP contribution in [0.1, 0.15) is 5.56 Å². The van der Waals surface area contributed by atoms with E-state index in [9.17, 15) is 13.2 Å². The Labute approximate surface area is 116 Å². The van der Waals surface area contributed by atoms with Crippen LogP contribution in [0.4, 0.5) is 18.9 Å². The maximum atomic E-state index is 13.4. The standard InChI is InChI=1S/C13H9BrF3NO/c14-8-1-7(2-9(15)3-8)6-19-13-5-10(16)12(18)4-11(13)17/h1-5H,6,18H2. The summed E-state index contributed by atoms with van der Waals surface area (Å²) in [6.45, 7) is -0.0867. The van der Waals surface area contributed by atoms with Gasteiger partial charge in [-0.25, -0.2) is 13.2 Å². The number of benzene rings is 2. The van der Waals surface area contributed by atoms with Crippen molar-refractivity contribution in [1.82, 2.24) is 0 Å².